The number of piperidine rings is 1. The van der Waals surface area contributed by atoms with E-state index in [1.54, 1.807) is 0 Å². The predicted molar refractivity (Wildman–Crippen MR) is 72.1 cm³/mol. The molecule has 0 aromatic rings. The minimum atomic E-state index is 0.236. The van der Waals surface area contributed by atoms with Crippen molar-refractivity contribution in [3.63, 3.8) is 0 Å². The lowest BCUT2D eigenvalue weighted by molar-refractivity contribution is 0.0198. The molecule has 0 atom stereocenters. The summed E-state index contributed by atoms with van der Waals surface area (Å²) < 4.78 is 0. The zero-order chi connectivity index (χ0) is 12.4. The third-order valence-electron chi connectivity index (χ3n) is 5.02. The monoisotopic (exact) mass is 239 g/mol. The molecule has 1 N–H and O–H groups in total. The van der Waals surface area contributed by atoms with Gasteiger partial charge in [-0.2, -0.15) is 0 Å². The van der Waals surface area contributed by atoms with Crippen LogP contribution in [0.1, 0.15) is 58.8 Å². The van der Waals surface area contributed by atoms with Crippen LogP contribution in [-0.2, 0) is 0 Å². The van der Waals surface area contributed by atoms with Crippen LogP contribution in [0.15, 0.2) is 0 Å². The van der Waals surface area contributed by atoms with Crippen LogP contribution in [0.3, 0.4) is 0 Å². The van der Waals surface area contributed by atoms with E-state index in [4.69, 9.17) is 0 Å². The summed E-state index contributed by atoms with van der Waals surface area (Å²) in [5.41, 5.74) is 0.773. The second-order valence-electron chi connectivity index (χ2n) is 7.16. The van der Waals surface area contributed by atoms with Crippen molar-refractivity contribution < 1.29 is 5.11 Å². The first-order valence-electron chi connectivity index (χ1n) is 7.39. The molecule has 0 aromatic carbocycles. The molecule has 1 aliphatic heterocycles. The van der Waals surface area contributed by atoms with E-state index in [-0.39, 0.29) is 5.41 Å². The fraction of sp³-hybridized carbons (Fsp3) is 1.00. The van der Waals surface area contributed by atoms with Gasteiger partial charge in [-0.25, -0.2) is 0 Å². The van der Waals surface area contributed by atoms with Crippen LogP contribution in [0.2, 0.25) is 0 Å². The van der Waals surface area contributed by atoms with Crippen molar-refractivity contribution in [3.05, 3.63) is 0 Å². The van der Waals surface area contributed by atoms with Gasteiger partial charge in [0, 0.05) is 18.6 Å². The van der Waals surface area contributed by atoms with Crippen molar-refractivity contribution in [2.24, 2.45) is 10.8 Å². The number of likely N-dealkylation sites (tertiary alicyclic amines) is 1. The highest BCUT2D eigenvalue weighted by atomic mass is 16.3. The Balaban J connectivity index is 1.87. The highest BCUT2D eigenvalue weighted by Crippen LogP contribution is 2.38. The molecule has 2 fully saturated rings. The molecule has 0 spiro atoms. The highest BCUT2D eigenvalue weighted by molar-refractivity contribution is 4.88. The number of aliphatic hydroxyl groups excluding tert-OH is 1. The smallest absolute Gasteiger partial charge is 0.0499 e. The van der Waals surface area contributed by atoms with Crippen LogP contribution in [0.25, 0.3) is 0 Å². The predicted octanol–water partition coefficient (Wildman–Crippen LogP) is 3.05. The summed E-state index contributed by atoms with van der Waals surface area (Å²) >= 11 is 0. The Kier molecular flexibility index (Phi) is 4.14. The van der Waals surface area contributed by atoms with Crippen LogP contribution < -0.4 is 0 Å². The Morgan fingerprint density at radius 2 is 1.53 bits per heavy atom. The molecular weight excluding hydrogens is 210 g/mol. The molecule has 0 amide bonds. The first-order valence-corrected chi connectivity index (χ1v) is 7.39. The van der Waals surface area contributed by atoms with Gasteiger partial charge in [0.2, 0.25) is 0 Å². The molecule has 1 heterocycles. The van der Waals surface area contributed by atoms with E-state index >= 15 is 0 Å². The van der Waals surface area contributed by atoms with Gasteiger partial charge >= 0.3 is 0 Å². The molecule has 100 valence electrons. The minimum Gasteiger partial charge on any atom is -0.396 e. The summed E-state index contributed by atoms with van der Waals surface area (Å²) in [7, 11) is 0. The van der Waals surface area contributed by atoms with Crippen LogP contribution in [-0.4, -0.2) is 36.2 Å². The van der Waals surface area contributed by atoms with Crippen molar-refractivity contribution in [2.75, 3.05) is 26.2 Å². The van der Waals surface area contributed by atoms with Crippen molar-refractivity contribution >= 4 is 0 Å². The Labute approximate surface area is 106 Å². The van der Waals surface area contributed by atoms with Crippen LogP contribution in [0.4, 0.5) is 0 Å². The molecule has 1 saturated heterocycles. The van der Waals surface area contributed by atoms with Gasteiger partial charge in [-0.05, 0) is 44.2 Å². The third kappa shape index (κ3) is 3.45. The fourth-order valence-corrected chi connectivity index (χ4v) is 3.46. The fourth-order valence-electron chi connectivity index (χ4n) is 3.46. The average molecular weight is 239 g/mol. The topological polar surface area (TPSA) is 23.5 Å². The summed E-state index contributed by atoms with van der Waals surface area (Å²) in [5, 5.41) is 9.75. The molecule has 2 heteroatoms. The van der Waals surface area contributed by atoms with Crippen LogP contribution in [0.5, 0.6) is 0 Å². The molecule has 2 aliphatic rings. The molecule has 2 rings (SSSR count). The molecule has 0 aromatic heterocycles. The van der Waals surface area contributed by atoms with E-state index in [0.717, 1.165) is 6.54 Å². The van der Waals surface area contributed by atoms with E-state index in [9.17, 15) is 5.11 Å². The quantitative estimate of drug-likeness (QED) is 0.818. The molecule has 2 nitrogen and oxygen atoms in total. The Morgan fingerprint density at radius 1 is 0.941 bits per heavy atom. The molecule has 0 radical (unpaired) electrons. The minimum absolute atomic E-state index is 0.236. The van der Waals surface area contributed by atoms with E-state index < -0.39 is 0 Å². The molecule has 1 saturated carbocycles. The third-order valence-corrected chi connectivity index (χ3v) is 5.02. The number of hydrogen-bond acceptors (Lipinski definition) is 2. The second kappa shape index (κ2) is 5.27. The first kappa shape index (κ1) is 13.4. The second-order valence-corrected chi connectivity index (χ2v) is 7.16. The number of hydrogen-bond donors (Lipinski definition) is 1. The summed E-state index contributed by atoms with van der Waals surface area (Å²) in [6, 6.07) is 0. The average Bonchev–Trinajstić information content (AvgIpc) is 2.33. The van der Waals surface area contributed by atoms with Crippen LogP contribution in [0, 0.1) is 10.8 Å². The highest BCUT2D eigenvalue weighted by Gasteiger charge is 2.35. The van der Waals surface area contributed by atoms with Gasteiger partial charge in [0.1, 0.15) is 0 Å². The first-order chi connectivity index (χ1) is 8.05. The van der Waals surface area contributed by atoms with E-state index in [1.165, 1.54) is 58.0 Å². The summed E-state index contributed by atoms with van der Waals surface area (Å²) in [6.07, 6.45) is 9.12. The van der Waals surface area contributed by atoms with Gasteiger partial charge < -0.3 is 10.0 Å². The zero-order valence-corrected chi connectivity index (χ0v) is 11.7. The summed E-state index contributed by atoms with van der Waals surface area (Å²) in [6.45, 7) is 8.76. The molecule has 0 unspecified atom stereocenters. The Hall–Kier alpha value is -0.0800. The van der Waals surface area contributed by atoms with Gasteiger partial charge in [-0.1, -0.05) is 33.1 Å². The van der Waals surface area contributed by atoms with Crippen molar-refractivity contribution in [3.8, 4) is 0 Å². The van der Waals surface area contributed by atoms with Gasteiger partial charge in [-0.15, -0.1) is 0 Å². The molecule has 17 heavy (non-hydrogen) atoms. The van der Waals surface area contributed by atoms with Gasteiger partial charge in [0.15, 0.2) is 0 Å². The van der Waals surface area contributed by atoms with E-state index in [2.05, 4.69) is 18.7 Å². The zero-order valence-electron chi connectivity index (χ0n) is 11.7. The Morgan fingerprint density at radius 3 is 2.06 bits per heavy atom. The van der Waals surface area contributed by atoms with Gasteiger partial charge in [0.05, 0.1) is 0 Å². The van der Waals surface area contributed by atoms with Gasteiger partial charge in [-0.3, -0.25) is 0 Å². The van der Waals surface area contributed by atoms with E-state index in [0.29, 0.717) is 12.0 Å². The summed E-state index contributed by atoms with van der Waals surface area (Å²) in [5.74, 6) is 0. The number of rotatable bonds is 3. The standard InChI is InChI=1S/C15H29NO/c1-14(2)8-10-16(11-9-14)12-15(13-17)6-4-3-5-7-15/h17H,3-13H2,1-2H3. The number of aliphatic hydroxyl groups is 1. The maximum absolute atomic E-state index is 9.75. The lowest BCUT2D eigenvalue weighted by Crippen LogP contribution is -2.46. The lowest BCUT2D eigenvalue weighted by Gasteiger charge is -2.44. The van der Waals surface area contributed by atoms with Crippen LogP contribution >= 0.6 is 0 Å². The van der Waals surface area contributed by atoms with Crippen molar-refractivity contribution in [2.45, 2.75) is 58.8 Å². The molecule has 0 bridgehead atoms. The maximum atomic E-state index is 9.75. The number of nitrogens with zero attached hydrogens (tertiary/aromatic N) is 1. The SMILES string of the molecule is CC1(C)CCN(CC2(CO)CCCCC2)CC1. The maximum Gasteiger partial charge on any atom is 0.0499 e. The van der Waals surface area contributed by atoms with E-state index in [1.807, 2.05) is 0 Å². The lowest BCUT2D eigenvalue weighted by atomic mass is 9.73. The Bertz CT molecular complexity index is 233. The normalized spacial score (nSPS) is 29.1. The molecular formula is C15H29NO. The van der Waals surface area contributed by atoms with Crippen molar-refractivity contribution in [1.82, 2.24) is 4.90 Å². The summed E-state index contributed by atoms with van der Waals surface area (Å²) in [4.78, 5) is 2.60. The van der Waals surface area contributed by atoms with Gasteiger partial charge in [0.25, 0.3) is 0 Å². The largest absolute Gasteiger partial charge is 0.396 e. The molecule has 1 aliphatic carbocycles. The van der Waals surface area contributed by atoms with Crippen molar-refractivity contribution in [1.29, 1.82) is 0 Å².